The molecule has 10 heteroatoms. The van der Waals surface area contributed by atoms with Gasteiger partial charge in [-0.15, -0.1) is 0 Å². The standard InChI is InChI=1S/C20H21F3N6O/c1-2-17-15(11-25-27-17)14-10-24-18(16-12-26-28-19(16)20(21,22)23)9-13(14)3-4-29-5-7-30-8-6-29/h2,9-12H,1,3-8H2,(H,25,27)(H,26,28). The molecule has 2 N–H and O–H groups in total. The van der Waals surface area contributed by atoms with Crippen molar-refractivity contribution in [2.24, 2.45) is 0 Å². The fourth-order valence-corrected chi connectivity index (χ4v) is 3.56. The third kappa shape index (κ3) is 4.14. The van der Waals surface area contributed by atoms with Crippen molar-refractivity contribution in [2.75, 3.05) is 32.8 Å². The molecule has 0 aromatic carbocycles. The number of aromatic amines is 2. The number of ether oxygens (including phenoxy) is 1. The fourth-order valence-electron chi connectivity index (χ4n) is 3.56. The molecule has 7 nitrogen and oxygen atoms in total. The van der Waals surface area contributed by atoms with Gasteiger partial charge in [0.25, 0.3) is 0 Å². The third-order valence-corrected chi connectivity index (χ3v) is 5.14. The first kappa shape index (κ1) is 20.3. The second-order valence-electron chi connectivity index (χ2n) is 6.98. The summed E-state index contributed by atoms with van der Waals surface area (Å²) < 4.78 is 45.3. The molecule has 30 heavy (non-hydrogen) atoms. The topological polar surface area (TPSA) is 82.7 Å². The average Bonchev–Trinajstić information content (AvgIpc) is 3.42. The van der Waals surface area contributed by atoms with Crippen LogP contribution in [0.4, 0.5) is 13.2 Å². The summed E-state index contributed by atoms with van der Waals surface area (Å²) in [5.41, 5.74) is 2.41. The minimum atomic E-state index is -4.57. The van der Waals surface area contributed by atoms with Gasteiger partial charge in [0.15, 0.2) is 5.69 Å². The number of aromatic nitrogens is 5. The third-order valence-electron chi connectivity index (χ3n) is 5.14. The molecule has 0 saturated carbocycles. The van der Waals surface area contributed by atoms with E-state index < -0.39 is 11.9 Å². The van der Waals surface area contributed by atoms with E-state index in [2.05, 4.69) is 36.9 Å². The minimum absolute atomic E-state index is 0.0715. The largest absolute Gasteiger partial charge is 0.435 e. The summed E-state index contributed by atoms with van der Waals surface area (Å²) in [5.74, 6) is 0. The molecule has 0 unspecified atom stereocenters. The Hall–Kier alpha value is -2.98. The van der Waals surface area contributed by atoms with Crippen molar-refractivity contribution in [2.45, 2.75) is 12.6 Å². The average molecular weight is 418 g/mol. The van der Waals surface area contributed by atoms with Crippen molar-refractivity contribution in [3.63, 3.8) is 0 Å². The molecule has 4 rings (SSSR count). The Morgan fingerprint density at radius 2 is 1.97 bits per heavy atom. The van der Waals surface area contributed by atoms with Gasteiger partial charge < -0.3 is 4.74 Å². The lowest BCUT2D eigenvalue weighted by Gasteiger charge is -2.26. The highest BCUT2D eigenvalue weighted by Crippen LogP contribution is 2.36. The Morgan fingerprint density at radius 3 is 2.70 bits per heavy atom. The van der Waals surface area contributed by atoms with Crippen molar-refractivity contribution >= 4 is 6.08 Å². The monoisotopic (exact) mass is 418 g/mol. The van der Waals surface area contributed by atoms with Crippen LogP contribution >= 0.6 is 0 Å². The predicted octanol–water partition coefficient (Wildman–Crippen LogP) is 3.40. The van der Waals surface area contributed by atoms with Gasteiger partial charge in [-0.3, -0.25) is 20.1 Å². The summed E-state index contributed by atoms with van der Waals surface area (Å²) in [7, 11) is 0. The van der Waals surface area contributed by atoms with E-state index in [1.165, 1.54) is 6.20 Å². The van der Waals surface area contributed by atoms with Crippen molar-refractivity contribution in [3.05, 3.63) is 48.2 Å². The lowest BCUT2D eigenvalue weighted by molar-refractivity contribution is -0.140. The smallest absolute Gasteiger partial charge is 0.379 e. The van der Waals surface area contributed by atoms with Crippen molar-refractivity contribution < 1.29 is 17.9 Å². The molecule has 0 amide bonds. The van der Waals surface area contributed by atoms with Crippen molar-refractivity contribution in [1.29, 1.82) is 0 Å². The first-order valence-electron chi connectivity index (χ1n) is 9.54. The number of halogens is 3. The Bertz CT molecular complexity index is 1020. The highest BCUT2D eigenvalue weighted by Gasteiger charge is 2.37. The van der Waals surface area contributed by atoms with Gasteiger partial charge in [-0.1, -0.05) is 6.58 Å². The van der Waals surface area contributed by atoms with Gasteiger partial charge in [0.1, 0.15) is 0 Å². The first-order chi connectivity index (χ1) is 14.5. The summed E-state index contributed by atoms with van der Waals surface area (Å²) in [6.07, 6.45) is 2.22. The Morgan fingerprint density at radius 1 is 1.17 bits per heavy atom. The molecule has 1 aliphatic heterocycles. The molecule has 0 spiro atoms. The second-order valence-corrected chi connectivity index (χ2v) is 6.98. The number of nitrogens with one attached hydrogen (secondary N) is 2. The van der Waals surface area contributed by atoms with E-state index in [0.717, 1.165) is 42.0 Å². The van der Waals surface area contributed by atoms with Gasteiger partial charge in [-0.25, -0.2) is 0 Å². The Balaban J connectivity index is 1.72. The summed E-state index contributed by atoms with van der Waals surface area (Å²) in [4.78, 5) is 6.59. The van der Waals surface area contributed by atoms with E-state index in [0.29, 0.717) is 19.6 Å². The summed E-state index contributed by atoms with van der Waals surface area (Å²) in [6.45, 7) is 7.57. The zero-order valence-corrected chi connectivity index (χ0v) is 16.2. The summed E-state index contributed by atoms with van der Waals surface area (Å²) in [5, 5.41) is 12.6. The molecule has 0 atom stereocenters. The van der Waals surface area contributed by atoms with Crippen LogP contribution < -0.4 is 0 Å². The van der Waals surface area contributed by atoms with E-state index >= 15 is 0 Å². The van der Waals surface area contributed by atoms with Crippen LogP contribution in [0.25, 0.3) is 28.5 Å². The highest BCUT2D eigenvalue weighted by molar-refractivity contribution is 5.76. The number of rotatable bonds is 6. The van der Waals surface area contributed by atoms with E-state index in [1.54, 1.807) is 24.5 Å². The fraction of sp³-hybridized carbons (Fsp3) is 0.350. The number of nitrogens with zero attached hydrogens (tertiary/aromatic N) is 4. The van der Waals surface area contributed by atoms with E-state index in [4.69, 9.17) is 4.74 Å². The molecule has 0 aliphatic carbocycles. The van der Waals surface area contributed by atoms with E-state index in [1.807, 2.05) is 0 Å². The second kappa shape index (κ2) is 8.41. The van der Waals surface area contributed by atoms with Crippen LogP contribution in [-0.4, -0.2) is 63.1 Å². The van der Waals surface area contributed by atoms with E-state index in [-0.39, 0.29) is 11.3 Å². The van der Waals surface area contributed by atoms with E-state index in [9.17, 15) is 13.2 Å². The zero-order valence-electron chi connectivity index (χ0n) is 16.2. The van der Waals surface area contributed by atoms with Crippen LogP contribution in [0.2, 0.25) is 0 Å². The molecule has 1 saturated heterocycles. The molecule has 4 heterocycles. The first-order valence-corrected chi connectivity index (χ1v) is 9.54. The van der Waals surface area contributed by atoms with Gasteiger partial charge >= 0.3 is 6.18 Å². The van der Waals surface area contributed by atoms with Crippen molar-refractivity contribution in [1.82, 2.24) is 30.3 Å². The zero-order chi connectivity index (χ0) is 21.1. The lowest BCUT2D eigenvalue weighted by Crippen LogP contribution is -2.37. The van der Waals surface area contributed by atoms with Crippen LogP contribution in [0, 0.1) is 0 Å². The van der Waals surface area contributed by atoms with Crippen LogP contribution in [0.1, 0.15) is 17.0 Å². The SMILES string of the molecule is C=Cc1[nH]ncc1-c1cnc(-c2c[nH]nc2C(F)(F)F)cc1CCN1CCOCC1. The quantitative estimate of drug-likeness (QED) is 0.641. The number of hydrogen-bond donors (Lipinski definition) is 2. The van der Waals surface area contributed by atoms with Gasteiger partial charge in [0.05, 0.1) is 36.4 Å². The van der Waals surface area contributed by atoms with Gasteiger partial charge in [0, 0.05) is 43.2 Å². The molecule has 0 radical (unpaired) electrons. The van der Waals surface area contributed by atoms with Gasteiger partial charge in [-0.05, 0) is 24.1 Å². The lowest BCUT2D eigenvalue weighted by atomic mass is 9.97. The summed E-state index contributed by atoms with van der Waals surface area (Å²) >= 11 is 0. The molecule has 1 aliphatic rings. The van der Waals surface area contributed by atoms with Crippen LogP contribution in [0.5, 0.6) is 0 Å². The molecule has 0 bridgehead atoms. The number of pyridine rings is 1. The summed E-state index contributed by atoms with van der Waals surface area (Å²) in [6, 6.07) is 1.70. The maximum absolute atomic E-state index is 13.3. The van der Waals surface area contributed by atoms with Gasteiger partial charge in [0.2, 0.25) is 0 Å². The molecule has 1 fully saturated rings. The maximum atomic E-state index is 13.3. The Labute approximate surface area is 171 Å². The van der Waals surface area contributed by atoms with Crippen LogP contribution in [-0.2, 0) is 17.3 Å². The van der Waals surface area contributed by atoms with Gasteiger partial charge in [-0.2, -0.15) is 23.4 Å². The molecule has 3 aromatic heterocycles. The number of H-pyrrole nitrogens is 2. The highest BCUT2D eigenvalue weighted by atomic mass is 19.4. The molecule has 158 valence electrons. The normalized spacial score (nSPS) is 15.4. The van der Waals surface area contributed by atoms with Crippen LogP contribution in [0.3, 0.4) is 0 Å². The minimum Gasteiger partial charge on any atom is -0.379 e. The number of morpholine rings is 1. The predicted molar refractivity (Wildman–Crippen MR) is 105 cm³/mol. The maximum Gasteiger partial charge on any atom is 0.435 e. The van der Waals surface area contributed by atoms with Crippen LogP contribution in [0.15, 0.2) is 31.2 Å². The Kier molecular flexibility index (Phi) is 5.69. The molecular formula is C20H21F3N6O. The van der Waals surface area contributed by atoms with Crippen molar-refractivity contribution in [3.8, 4) is 22.4 Å². The number of alkyl halides is 3. The molecular weight excluding hydrogens is 397 g/mol. The number of hydrogen-bond acceptors (Lipinski definition) is 5. The molecule has 3 aromatic rings.